The first-order valence-electron chi connectivity index (χ1n) is 6.39. The first-order valence-corrected chi connectivity index (χ1v) is 7.14. The van der Waals surface area contributed by atoms with E-state index < -0.39 is 5.97 Å². The fourth-order valence-electron chi connectivity index (χ4n) is 2.21. The Hall–Kier alpha value is -2.30. The molecule has 0 aliphatic carbocycles. The minimum Gasteiger partial charge on any atom is -0.478 e. The van der Waals surface area contributed by atoms with Gasteiger partial charge in [-0.25, -0.2) is 9.78 Å². The third-order valence-corrected chi connectivity index (χ3v) is 3.78. The van der Waals surface area contributed by atoms with Gasteiger partial charge in [0.05, 0.1) is 10.6 Å². The standard InChI is InChI=1S/C16H10Cl2N2O2/c17-10-3-4-12(14(18)7-10)13(16(21)22)6-9-8-20-15-11(9)2-1-5-19-15/h1-8H,(H,19,20)(H,21,22)/b13-6-. The number of nitrogens with zero attached hydrogens (tertiary/aromatic N) is 1. The van der Waals surface area contributed by atoms with E-state index in [2.05, 4.69) is 9.97 Å². The summed E-state index contributed by atoms with van der Waals surface area (Å²) in [6, 6.07) is 8.39. The van der Waals surface area contributed by atoms with Crippen LogP contribution in [0, 0.1) is 0 Å². The Morgan fingerprint density at radius 1 is 1.27 bits per heavy atom. The smallest absolute Gasteiger partial charge is 0.336 e. The highest BCUT2D eigenvalue weighted by Gasteiger charge is 2.15. The van der Waals surface area contributed by atoms with E-state index in [1.807, 2.05) is 6.07 Å². The summed E-state index contributed by atoms with van der Waals surface area (Å²) in [5, 5.41) is 11.1. The van der Waals surface area contributed by atoms with Gasteiger partial charge < -0.3 is 10.1 Å². The van der Waals surface area contributed by atoms with E-state index in [0.717, 1.165) is 10.9 Å². The summed E-state index contributed by atoms with van der Waals surface area (Å²) in [4.78, 5) is 18.8. The molecule has 0 spiro atoms. The number of carboxylic acids is 1. The van der Waals surface area contributed by atoms with Crippen LogP contribution in [0.4, 0.5) is 0 Å². The first kappa shape index (κ1) is 14.6. The van der Waals surface area contributed by atoms with Gasteiger partial charge in [0.2, 0.25) is 0 Å². The van der Waals surface area contributed by atoms with Crippen molar-refractivity contribution in [3.05, 3.63) is 63.9 Å². The van der Waals surface area contributed by atoms with Gasteiger partial charge in [0, 0.05) is 33.9 Å². The maximum atomic E-state index is 11.6. The van der Waals surface area contributed by atoms with Gasteiger partial charge in [0.25, 0.3) is 0 Å². The van der Waals surface area contributed by atoms with Crippen LogP contribution >= 0.6 is 23.2 Å². The molecule has 4 nitrogen and oxygen atoms in total. The predicted octanol–water partition coefficient (Wildman–Crippen LogP) is 4.49. The van der Waals surface area contributed by atoms with Gasteiger partial charge in [-0.15, -0.1) is 0 Å². The van der Waals surface area contributed by atoms with Crippen LogP contribution in [0.5, 0.6) is 0 Å². The van der Waals surface area contributed by atoms with Gasteiger partial charge in [0.15, 0.2) is 0 Å². The minimum atomic E-state index is -1.07. The molecule has 22 heavy (non-hydrogen) atoms. The molecule has 3 aromatic rings. The number of aromatic amines is 1. The number of halogens is 2. The molecule has 0 saturated heterocycles. The van der Waals surface area contributed by atoms with E-state index in [9.17, 15) is 9.90 Å². The number of hydrogen-bond acceptors (Lipinski definition) is 2. The minimum absolute atomic E-state index is 0.0893. The summed E-state index contributed by atoms with van der Waals surface area (Å²) in [6.07, 6.45) is 4.95. The summed E-state index contributed by atoms with van der Waals surface area (Å²) >= 11 is 12.0. The van der Waals surface area contributed by atoms with Crippen LogP contribution in [0.15, 0.2) is 42.7 Å². The van der Waals surface area contributed by atoms with Crippen LogP contribution in [0.2, 0.25) is 10.0 Å². The Morgan fingerprint density at radius 3 is 2.82 bits per heavy atom. The predicted molar refractivity (Wildman–Crippen MR) is 88.1 cm³/mol. The lowest BCUT2D eigenvalue weighted by molar-refractivity contribution is -0.130. The molecule has 0 saturated carbocycles. The van der Waals surface area contributed by atoms with E-state index in [1.165, 1.54) is 6.07 Å². The summed E-state index contributed by atoms with van der Waals surface area (Å²) in [5.41, 5.74) is 1.93. The molecule has 0 aliphatic rings. The highest BCUT2D eigenvalue weighted by atomic mass is 35.5. The second-order valence-electron chi connectivity index (χ2n) is 4.63. The molecule has 3 rings (SSSR count). The number of carboxylic acid groups (broad SMARTS) is 1. The van der Waals surface area contributed by atoms with Crippen LogP contribution in [0.1, 0.15) is 11.1 Å². The van der Waals surface area contributed by atoms with Crippen LogP contribution in [0.3, 0.4) is 0 Å². The lowest BCUT2D eigenvalue weighted by atomic mass is 10.0. The quantitative estimate of drug-likeness (QED) is 0.694. The zero-order chi connectivity index (χ0) is 15.7. The molecule has 2 heterocycles. The zero-order valence-electron chi connectivity index (χ0n) is 11.2. The normalized spacial score (nSPS) is 11.8. The van der Waals surface area contributed by atoms with Gasteiger partial charge in [0.1, 0.15) is 5.65 Å². The summed E-state index contributed by atoms with van der Waals surface area (Å²) < 4.78 is 0. The maximum Gasteiger partial charge on any atom is 0.336 e. The maximum absolute atomic E-state index is 11.6. The number of H-pyrrole nitrogens is 1. The van der Waals surface area contributed by atoms with Gasteiger partial charge in [-0.1, -0.05) is 29.3 Å². The number of benzene rings is 1. The molecule has 2 aromatic heterocycles. The van der Waals surface area contributed by atoms with Gasteiger partial charge >= 0.3 is 5.97 Å². The average Bonchev–Trinajstić information content (AvgIpc) is 2.88. The monoisotopic (exact) mass is 332 g/mol. The van der Waals surface area contributed by atoms with E-state index in [-0.39, 0.29) is 5.57 Å². The molecule has 1 aromatic carbocycles. The van der Waals surface area contributed by atoms with Crippen molar-refractivity contribution < 1.29 is 9.90 Å². The lowest BCUT2D eigenvalue weighted by Crippen LogP contribution is -2.00. The zero-order valence-corrected chi connectivity index (χ0v) is 12.7. The molecule has 0 aliphatic heterocycles. The Bertz CT molecular complexity index is 900. The molecule has 0 amide bonds. The fraction of sp³-hybridized carbons (Fsp3) is 0. The topological polar surface area (TPSA) is 66.0 Å². The summed E-state index contributed by atoms with van der Waals surface area (Å²) in [5.74, 6) is -1.07. The Kier molecular flexibility index (Phi) is 3.88. The van der Waals surface area contributed by atoms with Crippen LogP contribution in [-0.4, -0.2) is 21.0 Å². The van der Waals surface area contributed by atoms with Gasteiger partial charge in [-0.2, -0.15) is 0 Å². The molecular formula is C16H10Cl2N2O2. The largest absolute Gasteiger partial charge is 0.478 e. The molecule has 0 radical (unpaired) electrons. The van der Waals surface area contributed by atoms with E-state index >= 15 is 0 Å². The van der Waals surface area contributed by atoms with Crippen molar-refractivity contribution in [2.75, 3.05) is 0 Å². The van der Waals surface area contributed by atoms with E-state index in [1.54, 1.807) is 36.7 Å². The van der Waals surface area contributed by atoms with Crippen molar-refractivity contribution in [3.63, 3.8) is 0 Å². The molecule has 0 unspecified atom stereocenters. The molecule has 2 N–H and O–H groups in total. The summed E-state index contributed by atoms with van der Waals surface area (Å²) in [6.45, 7) is 0. The summed E-state index contributed by atoms with van der Waals surface area (Å²) in [7, 11) is 0. The lowest BCUT2D eigenvalue weighted by Gasteiger charge is -2.06. The van der Waals surface area contributed by atoms with Crippen molar-refractivity contribution in [1.29, 1.82) is 0 Å². The van der Waals surface area contributed by atoms with E-state index in [0.29, 0.717) is 21.3 Å². The molecule has 0 fully saturated rings. The second kappa shape index (κ2) is 5.83. The number of aliphatic carboxylic acids is 1. The Labute approximate surface area is 136 Å². The van der Waals surface area contributed by atoms with Crippen molar-refractivity contribution in [1.82, 2.24) is 9.97 Å². The van der Waals surface area contributed by atoms with Crippen LogP contribution in [-0.2, 0) is 4.79 Å². The molecule has 110 valence electrons. The van der Waals surface area contributed by atoms with Crippen molar-refractivity contribution >= 4 is 51.9 Å². The first-order chi connectivity index (χ1) is 10.6. The van der Waals surface area contributed by atoms with Crippen molar-refractivity contribution in [2.24, 2.45) is 0 Å². The second-order valence-corrected chi connectivity index (χ2v) is 5.47. The number of nitrogens with one attached hydrogen (secondary N) is 1. The third kappa shape index (κ3) is 2.71. The number of aromatic nitrogens is 2. The van der Waals surface area contributed by atoms with Crippen LogP contribution < -0.4 is 0 Å². The molecular weight excluding hydrogens is 323 g/mol. The van der Waals surface area contributed by atoms with Crippen molar-refractivity contribution in [2.45, 2.75) is 0 Å². The average molecular weight is 333 g/mol. The highest BCUT2D eigenvalue weighted by Crippen LogP contribution is 2.30. The molecule has 6 heteroatoms. The van der Waals surface area contributed by atoms with Crippen molar-refractivity contribution in [3.8, 4) is 0 Å². The highest BCUT2D eigenvalue weighted by molar-refractivity contribution is 6.37. The number of fused-ring (bicyclic) bond motifs is 1. The van der Waals surface area contributed by atoms with Crippen LogP contribution in [0.25, 0.3) is 22.7 Å². The number of carbonyl (C=O) groups is 1. The SMILES string of the molecule is O=C(O)/C(=C\c1c[nH]c2ncccc12)c1ccc(Cl)cc1Cl. The number of hydrogen-bond donors (Lipinski definition) is 2. The van der Waals surface area contributed by atoms with Gasteiger partial charge in [-0.3, -0.25) is 0 Å². The third-order valence-electron chi connectivity index (χ3n) is 3.23. The Balaban J connectivity index is 2.17. The number of pyridine rings is 1. The Morgan fingerprint density at radius 2 is 2.09 bits per heavy atom. The molecule has 0 bridgehead atoms. The molecule has 0 atom stereocenters. The number of rotatable bonds is 3. The van der Waals surface area contributed by atoms with E-state index in [4.69, 9.17) is 23.2 Å². The van der Waals surface area contributed by atoms with Gasteiger partial charge in [-0.05, 0) is 30.3 Å². The fourth-order valence-corrected chi connectivity index (χ4v) is 2.72.